The Morgan fingerprint density at radius 3 is 3.09 bits per heavy atom. The molecule has 11 heavy (non-hydrogen) atoms. The molecule has 0 unspecified atom stereocenters. The van der Waals surface area contributed by atoms with E-state index in [-0.39, 0.29) is 0 Å². The van der Waals surface area contributed by atoms with Gasteiger partial charge in [-0.3, -0.25) is 4.98 Å². The standard InChI is InChI=1S/C9H11NO/c1-8-4-5-10-9(7-8)3-2-6-11/h4-7H,2-3H2,1H3. The van der Waals surface area contributed by atoms with Crippen LogP contribution in [0.5, 0.6) is 0 Å². The lowest BCUT2D eigenvalue weighted by Crippen LogP contribution is -1.90. The zero-order valence-electron chi connectivity index (χ0n) is 6.58. The highest BCUT2D eigenvalue weighted by atomic mass is 16.1. The van der Waals surface area contributed by atoms with E-state index in [0.717, 1.165) is 18.4 Å². The van der Waals surface area contributed by atoms with E-state index in [9.17, 15) is 4.79 Å². The van der Waals surface area contributed by atoms with E-state index in [1.165, 1.54) is 5.56 Å². The van der Waals surface area contributed by atoms with Gasteiger partial charge in [0.1, 0.15) is 6.29 Å². The van der Waals surface area contributed by atoms with Crippen LogP contribution >= 0.6 is 0 Å². The van der Waals surface area contributed by atoms with E-state index >= 15 is 0 Å². The van der Waals surface area contributed by atoms with Crippen molar-refractivity contribution < 1.29 is 4.79 Å². The first-order valence-corrected chi connectivity index (χ1v) is 3.68. The van der Waals surface area contributed by atoms with Gasteiger partial charge in [0.05, 0.1) is 0 Å². The lowest BCUT2D eigenvalue weighted by molar-refractivity contribution is -0.107. The van der Waals surface area contributed by atoms with E-state index < -0.39 is 0 Å². The molecule has 58 valence electrons. The van der Waals surface area contributed by atoms with Gasteiger partial charge in [-0.2, -0.15) is 0 Å². The minimum Gasteiger partial charge on any atom is -0.303 e. The molecule has 0 saturated heterocycles. The number of nitrogens with zero attached hydrogens (tertiary/aromatic N) is 1. The molecule has 0 aromatic carbocycles. The summed E-state index contributed by atoms with van der Waals surface area (Å²) in [4.78, 5) is 14.2. The van der Waals surface area contributed by atoms with Crippen molar-refractivity contribution in [2.45, 2.75) is 19.8 Å². The quantitative estimate of drug-likeness (QED) is 0.610. The summed E-state index contributed by atoms with van der Waals surface area (Å²) in [6, 6.07) is 3.95. The number of rotatable bonds is 3. The van der Waals surface area contributed by atoms with Crippen molar-refractivity contribution in [2.24, 2.45) is 0 Å². The van der Waals surface area contributed by atoms with Gasteiger partial charge in [-0.15, -0.1) is 0 Å². The van der Waals surface area contributed by atoms with Gasteiger partial charge in [0.2, 0.25) is 0 Å². The van der Waals surface area contributed by atoms with Gasteiger partial charge >= 0.3 is 0 Å². The summed E-state index contributed by atoms with van der Waals surface area (Å²) in [5.74, 6) is 0. The Hall–Kier alpha value is -1.18. The summed E-state index contributed by atoms with van der Waals surface area (Å²) in [6.07, 6.45) is 4.01. The molecule has 0 bridgehead atoms. The summed E-state index contributed by atoms with van der Waals surface area (Å²) in [5, 5.41) is 0. The van der Waals surface area contributed by atoms with Crippen molar-refractivity contribution in [3.05, 3.63) is 29.6 Å². The summed E-state index contributed by atoms with van der Waals surface area (Å²) in [6.45, 7) is 2.02. The van der Waals surface area contributed by atoms with Gasteiger partial charge in [-0.25, -0.2) is 0 Å². The molecular weight excluding hydrogens is 138 g/mol. The Kier molecular flexibility index (Phi) is 2.78. The van der Waals surface area contributed by atoms with Crippen molar-refractivity contribution >= 4 is 6.29 Å². The van der Waals surface area contributed by atoms with Gasteiger partial charge in [0.15, 0.2) is 0 Å². The fraction of sp³-hybridized carbons (Fsp3) is 0.333. The van der Waals surface area contributed by atoms with E-state index in [1.807, 2.05) is 19.1 Å². The van der Waals surface area contributed by atoms with Crippen LogP contribution in [0.2, 0.25) is 0 Å². The summed E-state index contributed by atoms with van der Waals surface area (Å²) in [7, 11) is 0. The molecule has 0 amide bonds. The SMILES string of the molecule is Cc1ccnc(CCC=O)c1. The van der Waals surface area contributed by atoms with Gasteiger partial charge in [-0.05, 0) is 31.0 Å². The monoisotopic (exact) mass is 149 g/mol. The largest absolute Gasteiger partial charge is 0.303 e. The number of hydrogen-bond donors (Lipinski definition) is 0. The third-order valence-corrected chi connectivity index (χ3v) is 1.49. The average molecular weight is 149 g/mol. The molecule has 0 spiro atoms. The van der Waals surface area contributed by atoms with Crippen LogP contribution in [0.25, 0.3) is 0 Å². The van der Waals surface area contributed by atoms with Crippen LogP contribution in [-0.2, 0) is 11.2 Å². The predicted molar refractivity (Wildman–Crippen MR) is 43.4 cm³/mol. The first kappa shape index (κ1) is 7.92. The lowest BCUT2D eigenvalue weighted by Gasteiger charge is -1.96. The van der Waals surface area contributed by atoms with Crippen LogP contribution in [0.15, 0.2) is 18.3 Å². The highest BCUT2D eigenvalue weighted by Crippen LogP contribution is 2.01. The molecule has 1 aromatic rings. The average Bonchev–Trinajstić information content (AvgIpc) is 2.01. The molecule has 0 atom stereocenters. The fourth-order valence-electron chi connectivity index (χ4n) is 0.942. The van der Waals surface area contributed by atoms with Crippen LogP contribution in [0.4, 0.5) is 0 Å². The van der Waals surface area contributed by atoms with Gasteiger partial charge in [0, 0.05) is 18.3 Å². The molecular formula is C9H11NO. The molecule has 2 nitrogen and oxygen atoms in total. The van der Waals surface area contributed by atoms with Gasteiger partial charge < -0.3 is 4.79 Å². The second-order valence-electron chi connectivity index (χ2n) is 2.53. The van der Waals surface area contributed by atoms with E-state index in [4.69, 9.17) is 0 Å². The number of hydrogen-bond acceptors (Lipinski definition) is 2. The van der Waals surface area contributed by atoms with Crippen molar-refractivity contribution in [3.63, 3.8) is 0 Å². The highest BCUT2D eigenvalue weighted by Gasteiger charge is 1.92. The molecule has 0 aliphatic carbocycles. The molecule has 1 aromatic heterocycles. The summed E-state index contributed by atoms with van der Waals surface area (Å²) >= 11 is 0. The Labute approximate surface area is 66.3 Å². The second-order valence-corrected chi connectivity index (χ2v) is 2.53. The van der Waals surface area contributed by atoms with E-state index in [2.05, 4.69) is 4.98 Å². The first-order valence-electron chi connectivity index (χ1n) is 3.68. The van der Waals surface area contributed by atoms with Gasteiger partial charge in [0.25, 0.3) is 0 Å². The van der Waals surface area contributed by atoms with Crippen LogP contribution in [0, 0.1) is 6.92 Å². The highest BCUT2D eigenvalue weighted by molar-refractivity contribution is 5.49. The van der Waals surface area contributed by atoms with Crippen molar-refractivity contribution in [1.82, 2.24) is 4.98 Å². The normalized spacial score (nSPS) is 9.55. The fourth-order valence-corrected chi connectivity index (χ4v) is 0.942. The summed E-state index contributed by atoms with van der Waals surface area (Å²) < 4.78 is 0. The van der Waals surface area contributed by atoms with Crippen molar-refractivity contribution in [1.29, 1.82) is 0 Å². The van der Waals surface area contributed by atoms with Crippen molar-refractivity contribution in [3.8, 4) is 0 Å². The maximum atomic E-state index is 10.0. The first-order chi connectivity index (χ1) is 5.33. The molecule has 0 N–H and O–H groups in total. The number of carbonyl (C=O) groups excluding carboxylic acids is 1. The van der Waals surface area contributed by atoms with Gasteiger partial charge in [-0.1, -0.05) is 0 Å². The molecule has 0 aliphatic heterocycles. The van der Waals surface area contributed by atoms with Crippen LogP contribution < -0.4 is 0 Å². The number of aldehydes is 1. The molecule has 0 radical (unpaired) electrons. The van der Waals surface area contributed by atoms with E-state index in [0.29, 0.717) is 6.42 Å². The number of carbonyl (C=O) groups is 1. The number of aromatic nitrogens is 1. The third kappa shape index (κ3) is 2.50. The Morgan fingerprint density at radius 1 is 1.64 bits per heavy atom. The Morgan fingerprint density at radius 2 is 2.45 bits per heavy atom. The maximum absolute atomic E-state index is 10.0. The smallest absolute Gasteiger partial charge is 0.120 e. The minimum atomic E-state index is 0.566. The van der Waals surface area contributed by atoms with E-state index in [1.54, 1.807) is 6.20 Å². The Bertz CT molecular complexity index is 245. The maximum Gasteiger partial charge on any atom is 0.120 e. The minimum absolute atomic E-state index is 0.566. The lowest BCUT2D eigenvalue weighted by atomic mass is 10.2. The molecule has 1 rings (SSSR count). The molecule has 2 heteroatoms. The molecule has 1 heterocycles. The van der Waals surface area contributed by atoms with Crippen molar-refractivity contribution in [2.75, 3.05) is 0 Å². The Balaban J connectivity index is 2.63. The second kappa shape index (κ2) is 3.86. The van der Waals surface area contributed by atoms with Crippen LogP contribution in [0.1, 0.15) is 17.7 Å². The van der Waals surface area contributed by atoms with Crippen LogP contribution in [-0.4, -0.2) is 11.3 Å². The topological polar surface area (TPSA) is 30.0 Å². The number of pyridine rings is 1. The summed E-state index contributed by atoms with van der Waals surface area (Å²) in [5.41, 5.74) is 2.19. The third-order valence-electron chi connectivity index (χ3n) is 1.49. The van der Waals surface area contributed by atoms with Crippen LogP contribution in [0.3, 0.4) is 0 Å². The predicted octanol–water partition coefficient (Wildman–Crippen LogP) is 1.52. The molecule has 0 aliphatic rings. The zero-order chi connectivity index (χ0) is 8.10. The molecule has 0 saturated carbocycles. The zero-order valence-corrected chi connectivity index (χ0v) is 6.58. The number of aryl methyl sites for hydroxylation is 2. The molecule has 0 fully saturated rings.